The van der Waals surface area contributed by atoms with Gasteiger partial charge in [-0.25, -0.2) is 0 Å². The maximum Gasteiger partial charge on any atom is 0.249 e. The van der Waals surface area contributed by atoms with Gasteiger partial charge in [0.25, 0.3) is 0 Å². The molecule has 0 aliphatic carbocycles. The van der Waals surface area contributed by atoms with Crippen molar-refractivity contribution in [1.82, 2.24) is 10.2 Å². The summed E-state index contributed by atoms with van der Waals surface area (Å²) in [6.07, 6.45) is 0. The first kappa shape index (κ1) is 7.28. The van der Waals surface area contributed by atoms with Gasteiger partial charge in [-0.2, -0.15) is 0 Å². The van der Waals surface area contributed by atoms with E-state index >= 15 is 0 Å². The van der Waals surface area contributed by atoms with Gasteiger partial charge in [-0.3, -0.25) is 10.1 Å². The van der Waals surface area contributed by atoms with Crippen LogP contribution in [-0.4, -0.2) is 30.6 Å². The molecule has 0 radical (unpaired) electrons. The van der Waals surface area contributed by atoms with Crippen LogP contribution in [0.15, 0.2) is 12.2 Å². The predicted molar refractivity (Wildman–Crippen MR) is 39.4 cm³/mol. The number of carbonyl (C=O) groups is 1. The molecule has 1 fully saturated rings. The summed E-state index contributed by atoms with van der Waals surface area (Å²) in [5.74, 6) is 0.0602. The Labute approximate surface area is 60.7 Å². The van der Waals surface area contributed by atoms with Crippen LogP contribution >= 0.6 is 0 Å². The fourth-order valence-corrected chi connectivity index (χ4v) is 0.950. The Bertz CT molecular complexity index is 159. The summed E-state index contributed by atoms with van der Waals surface area (Å²) in [5.41, 5.74) is 0.615. The normalized spacial score (nSPS) is 17.5. The van der Waals surface area contributed by atoms with Gasteiger partial charge in [-0.1, -0.05) is 6.58 Å². The molecule has 1 rings (SSSR count). The predicted octanol–water partition coefficient (Wildman–Crippen LogP) is -0.0482. The molecule has 1 N–H and O–H groups in total. The molecule has 0 aromatic heterocycles. The summed E-state index contributed by atoms with van der Waals surface area (Å²) in [6, 6.07) is 0. The molecule has 0 unspecified atom stereocenters. The van der Waals surface area contributed by atoms with E-state index in [4.69, 9.17) is 0 Å². The summed E-state index contributed by atoms with van der Waals surface area (Å²) in [7, 11) is 0. The second-order valence-electron chi connectivity index (χ2n) is 2.51. The molecule has 0 atom stereocenters. The lowest BCUT2D eigenvalue weighted by molar-refractivity contribution is -0.126. The molecule has 56 valence electrons. The Balaban J connectivity index is 2.48. The number of amides is 1. The highest BCUT2D eigenvalue weighted by atomic mass is 16.2. The van der Waals surface area contributed by atoms with Gasteiger partial charge in [0.2, 0.25) is 5.91 Å². The van der Waals surface area contributed by atoms with Gasteiger partial charge in [0.05, 0.1) is 6.67 Å². The first-order chi connectivity index (χ1) is 4.72. The Morgan fingerprint density at radius 3 is 2.80 bits per heavy atom. The van der Waals surface area contributed by atoms with Crippen molar-refractivity contribution in [2.45, 2.75) is 6.92 Å². The Morgan fingerprint density at radius 2 is 2.40 bits per heavy atom. The van der Waals surface area contributed by atoms with E-state index in [9.17, 15) is 4.79 Å². The number of hydrogen-bond donors (Lipinski definition) is 1. The zero-order chi connectivity index (χ0) is 7.56. The van der Waals surface area contributed by atoms with Crippen molar-refractivity contribution in [1.29, 1.82) is 0 Å². The van der Waals surface area contributed by atoms with Gasteiger partial charge in [0.1, 0.15) is 0 Å². The summed E-state index contributed by atoms with van der Waals surface area (Å²) >= 11 is 0. The van der Waals surface area contributed by atoms with Gasteiger partial charge in [-0.15, -0.1) is 0 Å². The first-order valence-electron chi connectivity index (χ1n) is 3.37. The summed E-state index contributed by atoms with van der Waals surface area (Å²) in [6.45, 7) is 7.70. The highest BCUT2D eigenvalue weighted by molar-refractivity contribution is 5.92. The van der Waals surface area contributed by atoms with E-state index in [-0.39, 0.29) is 5.91 Å². The van der Waals surface area contributed by atoms with Gasteiger partial charge >= 0.3 is 0 Å². The molecular formula is C7H12N2O. The number of nitrogens with zero attached hydrogens (tertiary/aromatic N) is 1. The van der Waals surface area contributed by atoms with E-state index < -0.39 is 0 Å². The topological polar surface area (TPSA) is 32.3 Å². The Morgan fingerprint density at radius 1 is 1.70 bits per heavy atom. The molecule has 1 aliphatic heterocycles. The zero-order valence-corrected chi connectivity index (χ0v) is 6.18. The fraction of sp³-hybridized carbons (Fsp3) is 0.571. The fourth-order valence-electron chi connectivity index (χ4n) is 0.950. The van der Waals surface area contributed by atoms with Crippen LogP contribution in [0.4, 0.5) is 0 Å². The average Bonchev–Trinajstić information content (AvgIpc) is 2.36. The van der Waals surface area contributed by atoms with Crippen molar-refractivity contribution >= 4 is 5.91 Å². The van der Waals surface area contributed by atoms with Crippen molar-refractivity contribution in [3.05, 3.63) is 12.2 Å². The molecule has 10 heavy (non-hydrogen) atoms. The van der Waals surface area contributed by atoms with Crippen molar-refractivity contribution < 1.29 is 4.79 Å². The van der Waals surface area contributed by atoms with Crippen LogP contribution in [-0.2, 0) is 4.79 Å². The molecule has 0 spiro atoms. The highest BCUT2D eigenvalue weighted by Crippen LogP contribution is 1.99. The summed E-state index contributed by atoms with van der Waals surface area (Å²) in [5, 5.41) is 3.07. The van der Waals surface area contributed by atoms with Crippen LogP contribution in [0.25, 0.3) is 0 Å². The van der Waals surface area contributed by atoms with Crippen molar-refractivity contribution in [3.63, 3.8) is 0 Å². The minimum atomic E-state index is 0.0602. The SMILES string of the molecule is C=C(C)C(=O)N1CCNC1. The number of hydrogen-bond acceptors (Lipinski definition) is 2. The average molecular weight is 140 g/mol. The summed E-state index contributed by atoms with van der Waals surface area (Å²) in [4.78, 5) is 12.9. The lowest BCUT2D eigenvalue weighted by atomic mass is 10.3. The maximum atomic E-state index is 11.1. The van der Waals surface area contributed by atoms with Crippen LogP contribution in [0.1, 0.15) is 6.92 Å². The molecular weight excluding hydrogens is 128 g/mol. The molecule has 1 amide bonds. The Hall–Kier alpha value is -0.830. The molecule has 3 nitrogen and oxygen atoms in total. The van der Waals surface area contributed by atoms with Gasteiger partial charge in [0, 0.05) is 18.7 Å². The maximum absolute atomic E-state index is 11.1. The lowest BCUT2D eigenvalue weighted by Gasteiger charge is -2.13. The van der Waals surface area contributed by atoms with Gasteiger partial charge < -0.3 is 4.90 Å². The largest absolute Gasteiger partial charge is 0.325 e. The molecule has 1 heterocycles. The molecule has 0 saturated carbocycles. The third-order valence-electron chi connectivity index (χ3n) is 1.51. The lowest BCUT2D eigenvalue weighted by Crippen LogP contribution is -2.29. The molecule has 1 aliphatic rings. The van der Waals surface area contributed by atoms with E-state index in [1.165, 1.54) is 0 Å². The standard InChI is InChI=1S/C7H12N2O/c1-6(2)7(10)9-4-3-8-5-9/h8H,1,3-5H2,2H3. The first-order valence-corrected chi connectivity index (χ1v) is 3.37. The summed E-state index contributed by atoms with van der Waals surface area (Å²) < 4.78 is 0. The molecule has 0 aromatic carbocycles. The van der Waals surface area contributed by atoms with Gasteiger partial charge in [-0.05, 0) is 6.92 Å². The molecule has 3 heteroatoms. The molecule has 1 saturated heterocycles. The van der Waals surface area contributed by atoms with E-state index in [1.807, 2.05) is 0 Å². The van der Waals surface area contributed by atoms with Crippen molar-refractivity contribution in [2.24, 2.45) is 0 Å². The monoisotopic (exact) mass is 140 g/mol. The smallest absolute Gasteiger partial charge is 0.249 e. The Kier molecular flexibility index (Phi) is 2.06. The van der Waals surface area contributed by atoms with Gasteiger partial charge in [0.15, 0.2) is 0 Å². The third kappa shape index (κ3) is 1.36. The van der Waals surface area contributed by atoms with Crippen LogP contribution < -0.4 is 5.32 Å². The third-order valence-corrected chi connectivity index (χ3v) is 1.51. The van der Waals surface area contributed by atoms with Crippen LogP contribution in [0, 0.1) is 0 Å². The van der Waals surface area contributed by atoms with Crippen molar-refractivity contribution in [3.8, 4) is 0 Å². The highest BCUT2D eigenvalue weighted by Gasteiger charge is 2.16. The number of rotatable bonds is 1. The zero-order valence-electron chi connectivity index (χ0n) is 6.18. The number of carbonyl (C=O) groups excluding carboxylic acids is 1. The van der Waals surface area contributed by atoms with E-state index in [0.717, 1.165) is 13.1 Å². The van der Waals surface area contributed by atoms with E-state index in [0.29, 0.717) is 12.2 Å². The number of nitrogens with one attached hydrogen (secondary N) is 1. The van der Waals surface area contributed by atoms with Crippen molar-refractivity contribution in [2.75, 3.05) is 19.8 Å². The second kappa shape index (κ2) is 2.84. The van der Waals surface area contributed by atoms with Crippen LogP contribution in [0.2, 0.25) is 0 Å². The molecule has 0 aromatic rings. The minimum absolute atomic E-state index is 0.0602. The quantitative estimate of drug-likeness (QED) is 0.518. The van der Waals surface area contributed by atoms with Crippen LogP contribution in [0.5, 0.6) is 0 Å². The van der Waals surface area contributed by atoms with E-state index in [1.54, 1.807) is 11.8 Å². The van der Waals surface area contributed by atoms with E-state index in [2.05, 4.69) is 11.9 Å². The minimum Gasteiger partial charge on any atom is -0.325 e. The van der Waals surface area contributed by atoms with Crippen LogP contribution in [0.3, 0.4) is 0 Å². The molecule has 0 bridgehead atoms. The second-order valence-corrected chi connectivity index (χ2v) is 2.51.